The van der Waals surface area contributed by atoms with Gasteiger partial charge in [-0.3, -0.25) is 4.90 Å². The van der Waals surface area contributed by atoms with E-state index in [0.717, 1.165) is 12.8 Å². The topological polar surface area (TPSA) is 46.6 Å². The molecule has 1 saturated heterocycles. The van der Waals surface area contributed by atoms with Crippen LogP contribution >= 0.6 is 0 Å². The Kier molecular flexibility index (Phi) is 4.59. The molecule has 0 N–H and O–H groups in total. The first kappa shape index (κ1) is 12.0. The molecular weight excluding hydrogens is 194 g/mol. The zero-order valence-corrected chi connectivity index (χ0v) is 9.49. The Labute approximate surface area is 90.6 Å². The molecule has 1 unspecified atom stereocenters. The van der Waals surface area contributed by atoms with Crippen LogP contribution in [0.3, 0.4) is 0 Å². The smallest absolute Gasteiger partial charge is 0.375 e. The lowest BCUT2D eigenvalue weighted by Gasteiger charge is -2.19. The van der Waals surface area contributed by atoms with Crippen LogP contribution in [0.2, 0.25) is 0 Å². The SMILES string of the molecule is CCCCC(CC)CN1CC(=O)OC1=O. The van der Waals surface area contributed by atoms with Crippen LogP contribution in [-0.2, 0) is 9.53 Å². The number of rotatable bonds is 6. The minimum Gasteiger partial charge on any atom is -0.375 e. The molecule has 0 aromatic heterocycles. The maximum Gasteiger partial charge on any atom is 0.418 e. The van der Waals surface area contributed by atoms with Crippen molar-refractivity contribution < 1.29 is 14.3 Å². The predicted octanol–water partition coefficient (Wildman–Crippen LogP) is 2.18. The summed E-state index contributed by atoms with van der Waals surface area (Å²) in [6.45, 7) is 5.05. The molecule has 1 aliphatic heterocycles. The van der Waals surface area contributed by atoms with Crippen LogP contribution in [0.4, 0.5) is 4.79 Å². The van der Waals surface area contributed by atoms with Gasteiger partial charge in [0.05, 0.1) is 0 Å². The van der Waals surface area contributed by atoms with Crippen LogP contribution in [0.1, 0.15) is 39.5 Å². The number of esters is 1. The lowest BCUT2D eigenvalue weighted by molar-refractivity contribution is -0.132. The number of hydrogen-bond acceptors (Lipinski definition) is 3. The van der Waals surface area contributed by atoms with E-state index in [1.54, 1.807) is 0 Å². The lowest BCUT2D eigenvalue weighted by Crippen LogP contribution is -2.30. The summed E-state index contributed by atoms with van der Waals surface area (Å²) in [4.78, 5) is 23.6. The van der Waals surface area contributed by atoms with E-state index in [9.17, 15) is 9.59 Å². The Balaban J connectivity index is 2.37. The third kappa shape index (κ3) is 3.53. The van der Waals surface area contributed by atoms with Gasteiger partial charge in [-0.1, -0.05) is 33.1 Å². The first-order valence-corrected chi connectivity index (χ1v) is 5.67. The number of nitrogens with zero attached hydrogens (tertiary/aromatic N) is 1. The molecular formula is C11H19NO3. The van der Waals surface area contributed by atoms with Crippen LogP contribution in [0, 0.1) is 5.92 Å². The molecule has 0 aromatic rings. The monoisotopic (exact) mass is 213 g/mol. The molecule has 4 nitrogen and oxygen atoms in total. The fourth-order valence-corrected chi connectivity index (χ4v) is 1.78. The highest BCUT2D eigenvalue weighted by Gasteiger charge is 2.30. The number of amides is 1. The summed E-state index contributed by atoms with van der Waals surface area (Å²) in [5.41, 5.74) is 0. The highest BCUT2D eigenvalue weighted by Crippen LogP contribution is 2.16. The summed E-state index contributed by atoms with van der Waals surface area (Å²) in [5, 5.41) is 0. The molecule has 0 aliphatic carbocycles. The normalized spacial score (nSPS) is 18.1. The van der Waals surface area contributed by atoms with Gasteiger partial charge >= 0.3 is 12.1 Å². The largest absolute Gasteiger partial charge is 0.418 e. The first-order valence-electron chi connectivity index (χ1n) is 5.67. The fraction of sp³-hybridized carbons (Fsp3) is 0.818. The van der Waals surface area contributed by atoms with E-state index in [2.05, 4.69) is 18.6 Å². The number of unbranched alkanes of at least 4 members (excludes halogenated alkanes) is 1. The van der Waals surface area contributed by atoms with Gasteiger partial charge in [0.1, 0.15) is 6.54 Å². The van der Waals surface area contributed by atoms with E-state index in [1.165, 1.54) is 17.7 Å². The molecule has 0 bridgehead atoms. The first-order chi connectivity index (χ1) is 7.17. The van der Waals surface area contributed by atoms with Crippen LogP contribution < -0.4 is 0 Å². The number of hydrogen-bond donors (Lipinski definition) is 0. The molecule has 1 amide bonds. The van der Waals surface area contributed by atoms with Crippen molar-refractivity contribution in [3.8, 4) is 0 Å². The van der Waals surface area contributed by atoms with Gasteiger partial charge in [0.25, 0.3) is 0 Å². The summed E-state index contributed by atoms with van der Waals surface area (Å²) >= 11 is 0. The summed E-state index contributed by atoms with van der Waals surface area (Å²) < 4.78 is 4.47. The van der Waals surface area contributed by atoms with E-state index in [4.69, 9.17) is 0 Å². The number of carbonyl (C=O) groups is 2. The van der Waals surface area contributed by atoms with Gasteiger partial charge in [0, 0.05) is 6.54 Å². The third-order valence-corrected chi connectivity index (χ3v) is 2.80. The highest BCUT2D eigenvalue weighted by atomic mass is 16.6. The zero-order valence-electron chi connectivity index (χ0n) is 9.49. The standard InChI is InChI=1S/C11H19NO3/c1-3-5-6-9(4-2)7-12-8-10(13)15-11(12)14/h9H,3-8H2,1-2H3. The van der Waals surface area contributed by atoms with Crippen molar-refractivity contribution in [1.82, 2.24) is 4.90 Å². The van der Waals surface area contributed by atoms with E-state index in [0.29, 0.717) is 12.5 Å². The van der Waals surface area contributed by atoms with E-state index < -0.39 is 12.1 Å². The molecule has 1 heterocycles. The average Bonchev–Trinajstić information content (AvgIpc) is 2.52. The molecule has 4 heteroatoms. The maximum absolute atomic E-state index is 11.2. The van der Waals surface area contributed by atoms with E-state index in [1.807, 2.05) is 0 Å². The molecule has 0 aromatic carbocycles. The molecule has 1 atom stereocenters. The number of carbonyl (C=O) groups excluding carboxylic acids is 2. The van der Waals surface area contributed by atoms with Crippen molar-refractivity contribution in [2.24, 2.45) is 5.92 Å². The fourth-order valence-electron chi connectivity index (χ4n) is 1.78. The second kappa shape index (κ2) is 5.73. The predicted molar refractivity (Wildman–Crippen MR) is 56.4 cm³/mol. The third-order valence-electron chi connectivity index (χ3n) is 2.80. The van der Waals surface area contributed by atoms with Gasteiger partial charge in [-0.15, -0.1) is 0 Å². The molecule has 0 radical (unpaired) electrons. The lowest BCUT2D eigenvalue weighted by atomic mass is 9.99. The molecule has 1 aliphatic rings. The van der Waals surface area contributed by atoms with Gasteiger partial charge < -0.3 is 4.74 Å². The molecule has 0 spiro atoms. The van der Waals surface area contributed by atoms with Gasteiger partial charge in [-0.05, 0) is 12.3 Å². The summed E-state index contributed by atoms with van der Waals surface area (Å²) in [5.74, 6) is 0.0637. The summed E-state index contributed by atoms with van der Waals surface area (Å²) in [6, 6.07) is 0. The second-order valence-electron chi connectivity index (χ2n) is 4.04. The molecule has 15 heavy (non-hydrogen) atoms. The summed E-state index contributed by atoms with van der Waals surface area (Å²) in [6.07, 6.45) is 4.02. The van der Waals surface area contributed by atoms with Crippen molar-refractivity contribution >= 4 is 12.1 Å². The van der Waals surface area contributed by atoms with Crippen LogP contribution in [0.15, 0.2) is 0 Å². The Morgan fingerprint density at radius 1 is 1.40 bits per heavy atom. The number of ether oxygens (including phenoxy) is 1. The van der Waals surface area contributed by atoms with Crippen molar-refractivity contribution in [2.75, 3.05) is 13.1 Å². The van der Waals surface area contributed by atoms with Crippen molar-refractivity contribution in [3.05, 3.63) is 0 Å². The van der Waals surface area contributed by atoms with Crippen LogP contribution in [0.5, 0.6) is 0 Å². The Hall–Kier alpha value is -1.06. The Morgan fingerprint density at radius 3 is 2.60 bits per heavy atom. The van der Waals surface area contributed by atoms with Gasteiger partial charge in [0.2, 0.25) is 0 Å². The zero-order chi connectivity index (χ0) is 11.3. The van der Waals surface area contributed by atoms with Gasteiger partial charge in [0.15, 0.2) is 0 Å². The van der Waals surface area contributed by atoms with Gasteiger partial charge in [-0.2, -0.15) is 0 Å². The van der Waals surface area contributed by atoms with Crippen LogP contribution in [-0.4, -0.2) is 30.1 Å². The summed E-state index contributed by atoms with van der Waals surface area (Å²) in [7, 11) is 0. The van der Waals surface area contributed by atoms with Crippen molar-refractivity contribution in [1.29, 1.82) is 0 Å². The average molecular weight is 213 g/mol. The maximum atomic E-state index is 11.2. The van der Waals surface area contributed by atoms with Crippen LogP contribution in [0.25, 0.3) is 0 Å². The van der Waals surface area contributed by atoms with E-state index >= 15 is 0 Å². The van der Waals surface area contributed by atoms with Crippen molar-refractivity contribution in [3.63, 3.8) is 0 Å². The minimum absolute atomic E-state index is 0.126. The van der Waals surface area contributed by atoms with E-state index in [-0.39, 0.29) is 6.54 Å². The molecule has 0 saturated carbocycles. The minimum atomic E-state index is -0.477. The number of cyclic esters (lactones) is 2. The second-order valence-corrected chi connectivity index (χ2v) is 4.04. The highest BCUT2D eigenvalue weighted by molar-refractivity contribution is 5.92. The quantitative estimate of drug-likeness (QED) is 0.502. The Morgan fingerprint density at radius 2 is 2.13 bits per heavy atom. The molecule has 86 valence electrons. The van der Waals surface area contributed by atoms with Gasteiger partial charge in [-0.25, -0.2) is 9.59 Å². The van der Waals surface area contributed by atoms with Crippen molar-refractivity contribution in [2.45, 2.75) is 39.5 Å². The Bertz CT molecular complexity index is 240. The molecule has 1 rings (SSSR count). The molecule has 1 fully saturated rings.